The van der Waals surface area contributed by atoms with E-state index in [-0.39, 0.29) is 29.5 Å². The van der Waals surface area contributed by atoms with Crippen molar-refractivity contribution >= 4 is 11.2 Å². The third-order valence-corrected chi connectivity index (χ3v) is 4.91. The number of morpholine rings is 1. The molecule has 8 heteroatoms. The minimum absolute atomic E-state index is 0.0838. The third-order valence-electron chi connectivity index (χ3n) is 4.91. The number of fused-ring (bicyclic) bond motifs is 1. The number of nitrogens with one attached hydrogen (secondary N) is 1. The lowest BCUT2D eigenvalue weighted by Crippen LogP contribution is -3.14. The molecule has 0 aliphatic carbocycles. The van der Waals surface area contributed by atoms with Crippen LogP contribution in [0.15, 0.2) is 9.59 Å². The van der Waals surface area contributed by atoms with E-state index in [1.807, 2.05) is 18.4 Å². The fourth-order valence-corrected chi connectivity index (χ4v) is 3.90. The molecule has 2 aromatic rings. The molecule has 1 N–H and O–H groups in total. The number of quaternary nitrogens is 1. The second-order valence-corrected chi connectivity index (χ2v) is 7.46. The predicted molar refractivity (Wildman–Crippen MR) is 95.0 cm³/mol. The molecule has 2 atom stereocenters. The summed E-state index contributed by atoms with van der Waals surface area (Å²) in [6.07, 6.45) is 0.403. The van der Waals surface area contributed by atoms with Crippen molar-refractivity contribution in [3.8, 4) is 0 Å². The van der Waals surface area contributed by atoms with Gasteiger partial charge in [0.2, 0.25) is 0 Å². The van der Waals surface area contributed by atoms with Gasteiger partial charge >= 0.3 is 5.69 Å². The van der Waals surface area contributed by atoms with Crippen LogP contribution in [0.25, 0.3) is 11.2 Å². The third kappa shape index (κ3) is 3.04. The van der Waals surface area contributed by atoms with Crippen molar-refractivity contribution in [3.05, 3.63) is 26.7 Å². The quantitative estimate of drug-likeness (QED) is 0.787. The molecule has 0 aromatic carbocycles. The van der Waals surface area contributed by atoms with Crippen LogP contribution in [-0.2, 0) is 25.4 Å². The number of aromatic nitrogens is 4. The number of imidazole rings is 1. The van der Waals surface area contributed by atoms with E-state index in [0.717, 1.165) is 23.5 Å². The molecule has 3 rings (SSSR count). The number of ether oxygens (including phenoxy) is 1. The van der Waals surface area contributed by atoms with Gasteiger partial charge in [-0.05, 0) is 27.7 Å². The molecule has 1 saturated heterocycles. The first-order valence-corrected chi connectivity index (χ1v) is 8.86. The summed E-state index contributed by atoms with van der Waals surface area (Å²) in [4.78, 5) is 31.0. The van der Waals surface area contributed by atoms with Crippen LogP contribution in [0.1, 0.15) is 39.6 Å². The first-order chi connectivity index (χ1) is 11.7. The Balaban J connectivity index is 2.14. The minimum atomic E-state index is -0.349. The van der Waals surface area contributed by atoms with E-state index in [0.29, 0.717) is 17.7 Å². The van der Waals surface area contributed by atoms with Crippen LogP contribution < -0.4 is 16.1 Å². The van der Waals surface area contributed by atoms with Crippen molar-refractivity contribution in [2.45, 2.75) is 52.5 Å². The Morgan fingerprint density at radius 3 is 2.32 bits per heavy atom. The highest BCUT2D eigenvalue weighted by Crippen LogP contribution is 2.17. The second kappa shape index (κ2) is 6.42. The molecule has 3 heterocycles. The normalized spacial score (nSPS) is 24.4. The number of hydrogen-bond donors (Lipinski definition) is 1. The molecule has 0 unspecified atom stereocenters. The van der Waals surface area contributed by atoms with E-state index in [1.54, 1.807) is 7.05 Å². The zero-order valence-electron chi connectivity index (χ0n) is 15.9. The van der Waals surface area contributed by atoms with Gasteiger partial charge in [0.05, 0.1) is 0 Å². The first kappa shape index (κ1) is 17.9. The van der Waals surface area contributed by atoms with E-state index < -0.39 is 0 Å². The van der Waals surface area contributed by atoms with Gasteiger partial charge in [0.1, 0.15) is 31.8 Å². The maximum Gasteiger partial charge on any atom is 0.332 e. The number of nitrogens with zero attached hydrogens (tertiary/aromatic N) is 4. The Kier molecular flexibility index (Phi) is 4.59. The van der Waals surface area contributed by atoms with Crippen LogP contribution in [0.5, 0.6) is 0 Å². The Hall–Kier alpha value is -1.93. The molecule has 0 saturated carbocycles. The fraction of sp³-hybridized carbons (Fsp3) is 0.706. The maximum absolute atomic E-state index is 12.7. The van der Waals surface area contributed by atoms with Gasteiger partial charge in [0.15, 0.2) is 17.0 Å². The molecule has 138 valence electrons. The summed E-state index contributed by atoms with van der Waals surface area (Å²) in [6.45, 7) is 10.8. The molecule has 1 aliphatic heterocycles. The Morgan fingerprint density at radius 2 is 1.76 bits per heavy atom. The van der Waals surface area contributed by atoms with Crippen molar-refractivity contribution in [1.29, 1.82) is 0 Å². The number of aryl methyl sites for hydroxylation is 1. The van der Waals surface area contributed by atoms with Gasteiger partial charge in [-0.1, -0.05) is 0 Å². The molecule has 0 radical (unpaired) electrons. The average Bonchev–Trinajstić information content (AvgIpc) is 2.89. The van der Waals surface area contributed by atoms with Crippen LogP contribution in [-0.4, -0.2) is 44.0 Å². The molecule has 0 bridgehead atoms. The Bertz CT molecular complexity index is 898. The summed E-state index contributed by atoms with van der Waals surface area (Å²) < 4.78 is 10.4. The lowest BCUT2D eigenvalue weighted by Gasteiger charge is -2.32. The van der Waals surface area contributed by atoms with Gasteiger partial charge in [-0.3, -0.25) is 13.9 Å². The van der Waals surface area contributed by atoms with Crippen molar-refractivity contribution < 1.29 is 9.64 Å². The summed E-state index contributed by atoms with van der Waals surface area (Å²) in [7, 11) is 3.18. The molecule has 0 spiro atoms. The van der Waals surface area contributed by atoms with Crippen molar-refractivity contribution in [1.82, 2.24) is 18.7 Å². The van der Waals surface area contributed by atoms with Crippen LogP contribution >= 0.6 is 0 Å². The smallest absolute Gasteiger partial charge is 0.332 e. The van der Waals surface area contributed by atoms with Crippen molar-refractivity contribution in [3.63, 3.8) is 0 Å². The van der Waals surface area contributed by atoms with Crippen molar-refractivity contribution in [2.75, 3.05) is 13.1 Å². The Labute approximate surface area is 146 Å². The minimum Gasteiger partial charge on any atom is -0.364 e. The summed E-state index contributed by atoms with van der Waals surface area (Å²) in [5.41, 5.74) is 0.330. The molecule has 8 nitrogen and oxygen atoms in total. The topological polar surface area (TPSA) is 75.5 Å². The van der Waals surface area contributed by atoms with Gasteiger partial charge in [0.25, 0.3) is 5.56 Å². The monoisotopic (exact) mass is 350 g/mol. The highest BCUT2D eigenvalue weighted by atomic mass is 16.5. The predicted octanol–water partition coefficient (Wildman–Crippen LogP) is -0.793. The van der Waals surface area contributed by atoms with E-state index in [4.69, 9.17) is 9.72 Å². The lowest BCUT2D eigenvalue weighted by molar-refractivity contribution is -0.929. The highest BCUT2D eigenvalue weighted by Gasteiger charge is 2.29. The molecule has 0 amide bonds. The largest absolute Gasteiger partial charge is 0.364 e. The zero-order valence-corrected chi connectivity index (χ0v) is 15.9. The summed E-state index contributed by atoms with van der Waals surface area (Å²) in [5.74, 6) is 0.847. The standard InChI is InChI=1S/C17H27N5O3/c1-10(2)22-13(9-21-7-11(3)25-12(4)8-21)18-15-14(22)16(23)20(6)17(24)19(15)5/h10-12H,7-9H2,1-6H3/p+1/t11-,12-/m0/s1. The number of hydrogen-bond acceptors (Lipinski definition) is 4. The van der Waals surface area contributed by atoms with Gasteiger partial charge in [0, 0.05) is 20.1 Å². The van der Waals surface area contributed by atoms with Crippen LogP contribution in [0, 0.1) is 0 Å². The molecule has 1 aliphatic rings. The molecular formula is C17H28N5O3+. The van der Waals surface area contributed by atoms with Crippen LogP contribution in [0.4, 0.5) is 0 Å². The van der Waals surface area contributed by atoms with E-state index in [1.165, 1.54) is 16.5 Å². The molecule has 25 heavy (non-hydrogen) atoms. The Morgan fingerprint density at radius 1 is 1.16 bits per heavy atom. The van der Waals surface area contributed by atoms with E-state index >= 15 is 0 Å². The van der Waals surface area contributed by atoms with Gasteiger partial charge in [-0.2, -0.15) is 0 Å². The molecule has 1 fully saturated rings. The second-order valence-electron chi connectivity index (χ2n) is 7.46. The molecule has 2 aromatic heterocycles. The SMILES string of the molecule is CC(C)n1c(C[NH+]2C[C@H](C)O[C@@H](C)C2)nc2c1c(=O)n(C)c(=O)n2C. The summed E-state index contributed by atoms with van der Waals surface area (Å²) >= 11 is 0. The summed E-state index contributed by atoms with van der Waals surface area (Å²) in [5, 5.41) is 0. The van der Waals surface area contributed by atoms with Crippen molar-refractivity contribution in [2.24, 2.45) is 14.1 Å². The van der Waals surface area contributed by atoms with Gasteiger partial charge < -0.3 is 14.2 Å². The maximum atomic E-state index is 12.7. The fourth-order valence-electron chi connectivity index (χ4n) is 3.90. The zero-order chi connectivity index (χ0) is 18.5. The summed E-state index contributed by atoms with van der Waals surface area (Å²) in [6, 6.07) is 0.0838. The van der Waals surface area contributed by atoms with Crippen LogP contribution in [0.3, 0.4) is 0 Å². The average molecular weight is 350 g/mol. The van der Waals surface area contributed by atoms with Crippen LogP contribution in [0.2, 0.25) is 0 Å². The first-order valence-electron chi connectivity index (χ1n) is 8.86. The highest BCUT2D eigenvalue weighted by molar-refractivity contribution is 5.71. The lowest BCUT2D eigenvalue weighted by atomic mass is 10.2. The van der Waals surface area contributed by atoms with Gasteiger partial charge in [-0.15, -0.1) is 0 Å². The number of rotatable bonds is 3. The van der Waals surface area contributed by atoms with E-state index in [2.05, 4.69) is 13.8 Å². The van der Waals surface area contributed by atoms with E-state index in [9.17, 15) is 9.59 Å². The molecular weight excluding hydrogens is 322 g/mol. The van der Waals surface area contributed by atoms with Gasteiger partial charge in [-0.25, -0.2) is 9.78 Å².